The first kappa shape index (κ1) is 17.9. The Morgan fingerprint density at radius 1 is 1.07 bits per heavy atom. The van der Waals surface area contributed by atoms with Crippen molar-refractivity contribution >= 4 is 0 Å². The van der Waals surface area contributed by atoms with Gasteiger partial charge in [-0.2, -0.15) is 5.10 Å². The fourth-order valence-corrected chi connectivity index (χ4v) is 4.14. The summed E-state index contributed by atoms with van der Waals surface area (Å²) in [5.41, 5.74) is 6.39. The molecule has 0 saturated carbocycles. The van der Waals surface area contributed by atoms with E-state index >= 15 is 0 Å². The lowest BCUT2D eigenvalue weighted by molar-refractivity contribution is 0.194. The third-order valence-electron chi connectivity index (χ3n) is 5.52. The van der Waals surface area contributed by atoms with Gasteiger partial charge in [-0.25, -0.2) is 0 Å². The molecule has 0 spiro atoms. The van der Waals surface area contributed by atoms with Crippen molar-refractivity contribution in [2.45, 2.75) is 38.6 Å². The molecular weight excluding hydrogens is 332 g/mol. The number of nitrogens with zero attached hydrogens (tertiary/aromatic N) is 4. The molecule has 0 radical (unpaired) electrons. The van der Waals surface area contributed by atoms with Crippen LogP contribution in [0.4, 0.5) is 0 Å². The molecule has 1 atom stereocenters. The van der Waals surface area contributed by atoms with Crippen LogP contribution in [0.3, 0.4) is 0 Å². The van der Waals surface area contributed by atoms with Crippen molar-refractivity contribution in [1.29, 1.82) is 0 Å². The minimum atomic E-state index is 0.515. The summed E-state index contributed by atoms with van der Waals surface area (Å²) < 4.78 is 1.98. The van der Waals surface area contributed by atoms with E-state index in [0.717, 1.165) is 31.7 Å². The molecule has 140 valence electrons. The van der Waals surface area contributed by atoms with E-state index in [2.05, 4.69) is 65.5 Å². The molecular formula is C23H28N4. The smallest absolute Gasteiger partial charge is 0.0521 e. The highest BCUT2D eigenvalue weighted by molar-refractivity contribution is 5.30. The molecule has 0 bridgehead atoms. The lowest BCUT2D eigenvalue weighted by Gasteiger charge is -2.32. The van der Waals surface area contributed by atoms with Crippen LogP contribution in [0, 0.1) is 6.92 Å². The third-order valence-corrected chi connectivity index (χ3v) is 5.52. The summed E-state index contributed by atoms with van der Waals surface area (Å²) >= 11 is 0. The molecule has 27 heavy (non-hydrogen) atoms. The number of piperidine rings is 1. The standard InChI is InChI=1S/C23H28N4/c1-18-13-20(14-19-7-4-3-5-8-19)15-23(25-18)21-9-6-12-27(16-21)17-22-10-11-24-26(22)2/h3-5,7-8,10-11,13,15,21H,6,9,12,14,16-17H2,1-2H3/t21-/m0/s1. The second-order valence-corrected chi connectivity index (χ2v) is 7.72. The maximum absolute atomic E-state index is 4.90. The van der Waals surface area contributed by atoms with E-state index in [9.17, 15) is 0 Å². The molecule has 1 aliphatic rings. The van der Waals surface area contributed by atoms with Crippen LogP contribution < -0.4 is 0 Å². The molecule has 0 aliphatic carbocycles. The van der Waals surface area contributed by atoms with Gasteiger partial charge in [0.15, 0.2) is 0 Å². The minimum absolute atomic E-state index is 0.515. The van der Waals surface area contributed by atoms with Gasteiger partial charge in [0.2, 0.25) is 0 Å². The molecule has 0 amide bonds. The zero-order valence-electron chi connectivity index (χ0n) is 16.3. The summed E-state index contributed by atoms with van der Waals surface area (Å²) in [4.78, 5) is 7.45. The molecule has 3 aromatic rings. The Morgan fingerprint density at radius 3 is 2.70 bits per heavy atom. The molecule has 1 aliphatic heterocycles. The summed E-state index contributed by atoms with van der Waals surface area (Å²) in [5.74, 6) is 0.515. The van der Waals surface area contributed by atoms with E-state index in [0.29, 0.717) is 5.92 Å². The van der Waals surface area contributed by atoms with E-state index in [1.165, 1.54) is 35.4 Å². The van der Waals surface area contributed by atoms with Gasteiger partial charge in [-0.3, -0.25) is 14.6 Å². The quantitative estimate of drug-likeness (QED) is 0.687. The summed E-state index contributed by atoms with van der Waals surface area (Å²) in [6, 6.07) is 17.4. The number of aryl methyl sites for hydroxylation is 2. The first-order valence-electron chi connectivity index (χ1n) is 9.88. The molecule has 1 aromatic carbocycles. The van der Waals surface area contributed by atoms with Crippen LogP contribution in [0.1, 0.15) is 47.0 Å². The van der Waals surface area contributed by atoms with Crippen molar-refractivity contribution in [3.05, 3.63) is 82.9 Å². The van der Waals surface area contributed by atoms with Crippen molar-refractivity contribution in [3.63, 3.8) is 0 Å². The van der Waals surface area contributed by atoms with Gasteiger partial charge in [0.25, 0.3) is 0 Å². The molecule has 4 rings (SSSR count). The van der Waals surface area contributed by atoms with Gasteiger partial charge in [0.05, 0.1) is 5.69 Å². The van der Waals surface area contributed by atoms with Gasteiger partial charge in [-0.15, -0.1) is 0 Å². The largest absolute Gasteiger partial charge is 0.297 e. The fourth-order valence-electron chi connectivity index (χ4n) is 4.14. The Morgan fingerprint density at radius 2 is 1.93 bits per heavy atom. The second kappa shape index (κ2) is 8.05. The summed E-state index contributed by atoms with van der Waals surface area (Å²) in [5, 5.41) is 4.30. The SMILES string of the molecule is Cc1cc(Cc2ccccc2)cc([C@H]2CCCN(Cc3ccnn3C)C2)n1. The summed E-state index contributed by atoms with van der Waals surface area (Å²) in [6.07, 6.45) is 5.31. The molecule has 0 N–H and O–H groups in total. The molecule has 3 heterocycles. The highest BCUT2D eigenvalue weighted by atomic mass is 15.3. The number of hydrogen-bond donors (Lipinski definition) is 0. The van der Waals surface area contributed by atoms with Crippen molar-refractivity contribution < 1.29 is 0 Å². The second-order valence-electron chi connectivity index (χ2n) is 7.72. The molecule has 4 nitrogen and oxygen atoms in total. The predicted octanol–water partition coefficient (Wildman–Crippen LogP) is 4.09. The van der Waals surface area contributed by atoms with Crippen molar-refractivity contribution in [2.75, 3.05) is 13.1 Å². The Hall–Kier alpha value is -2.46. The van der Waals surface area contributed by atoms with E-state index in [1.807, 2.05) is 17.9 Å². The Kier molecular flexibility index (Phi) is 5.35. The number of pyridine rings is 1. The van der Waals surface area contributed by atoms with Gasteiger partial charge in [0, 0.05) is 43.6 Å². The predicted molar refractivity (Wildman–Crippen MR) is 109 cm³/mol. The Labute approximate surface area is 161 Å². The van der Waals surface area contributed by atoms with Crippen molar-refractivity contribution in [3.8, 4) is 0 Å². The average Bonchev–Trinajstić information content (AvgIpc) is 3.07. The van der Waals surface area contributed by atoms with E-state index in [1.54, 1.807) is 0 Å². The van der Waals surface area contributed by atoms with Crippen LogP contribution in [0.25, 0.3) is 0 Å². The monoisotopic (exact) mass is 360 g/mol. The van der Waals surface area contributed by atoms with Crippen LogP contribution >= 0.6 is 0 Å². The molecule has 2 aromatic heterocycles. The van der Waals surface area contributed by atoms with Gasteiger partial charge in [-0.1, -0.05) is 30.3 Å². The first-order valence-corrected chi connectivity index (χ1v) is 9.88. The van der Waals surface area contributed by atoms with Crippen LogP contribution in [0.5, 0.6) is 0 Å². The number of likely N-dealkylation sites (tertiary alicyclic amines) is 1. The molecule has 0 unspecified atom stereocenters. The van der Waals surface area contributed by atoms with Gasteiger partial charge in [0.1, 0.15) is 0 Å². The maximum atomic E-state index is 4.90. The van der Waals surface area contributed by atoms with Crippen LogP contribution in [0.15, 0.2) is 54.7 Å². The van der Waals surface area contributed by atoms with Gasteiger partial charge < -0.3 is 0 Å². The van der Waals surface area contributed by atoms with E-state index in [-0.39, 0.29) is 0 Å². The summed E-state index contributed by atoms with van der Waals surface area (Å²) in [7, 11) is 2.02. The minimum Gasteiger partial charge on any atom is -0.297 e. The zero-order valence-corrected chi connectivity index (χ0v) is 16.3. The number of aromatic nitrogens is 3. The lowest BCUT2D eigenvalue weighted by Crippen LogP contribution is -2.34. The van der Waals surface area contributed by atoms with Gasteiger partial charge >= 0.3 is 0 Å². The number of hydrogen-bond acceptors (Lipinski definition) is 3. The lowest BCUT2D eigenvalue weighted by atomic mass is 9.92. The molecule has 1 saturated heterocycles. The summed E-state index contributed by atoms with van der Waals surface area (Å²) in [6.45, 7) is 5.32. The number of benzene rings is 1. The van der Waals surface area contributed by atoms with Gasteiger partial charge in [-0.05, 0) is 62.1 Å². The third kappa shape index (κ3) is 4.45. The Bertz CT molecular complexity index is 884. The van der Waals surface area contributed by atoms with E-state index < -0.39 is 0 Å². The Balaban J connectivity index is 1.49. The molecule has 1 fully saturated rings. The fraction of sp³-hybridized carbons (Fsp3) is 0.391. The first-order chi connectivity index (χ1) is 13.2. The van der Waals surface area contributed by atoms with E-state index in [4.69, 9.17) is 4.98 Å². The normalized spacial score (nSPS) is 17.9. The topological polar surface area (TPSA) is 34.0 Å². The van der Waals surface area contributed by atoms with Crippen molar-refractivity contribution in [1.82, 2.24) is 19.7 Å². The maximum Gasteiger partial charge on any atom is 0.0521 e. The van der Waals surface area contributed by atoms with Crippen LogP contribution in [-0.2, 0) is 20.0 Å². The molecule has 4 heteroatoms. The van der Waals surface area contributed by atoms with Crippen LogP contribution in [0.2, 0.25) is 0 Å². The average molecular weight is 361 g/mol. The highest BCUT2D eigenvalue weighted by Crippen LogP contribution is 2.28. The highest BCUT2D eigenvalue weighted by Gasteiger charge is 2.23. The zero-order chi connectivity index (χ0) is 18.6. The van der Waals surface area contributed by atoms with Crippen LogP contribution in [-0.4, -0.2) is 32.8 Å². The van der Waals surface area contributed by atoms with Crippen molar-refractivity contribution in [2.24, 2.45) is 7.05 Å². The number of rotatable bonds is 5.